The summed E-state index contributed by atoms with van der Waals surface area (Å²) in [4.78, 5) is 26.2. The zero-order valence-electron chi connectivity index (χ0n) is 14.8. The van der Waals surface area contributed by atoms with E-state index in [1.807, 2.05) is 25.1 Å². The van der Waals surface area contributed by atoms with Gasteiger partial charge in [-0.1, -0.05) is 0 Å². The van der Waals surface area contributed by atoms with Gasteiger partial charge in [0.25, 0.3) is 0 Å². The van der Waals surface area contributed by atoms with E-state index < -0.39 is 0 Å². The number of anilines is 1. The van der Waals surface area contributed by atoms with Gasteiger partial charge in [-0.05, 0) is 19.8 Å². The lowest BCUT2D eigenvalue weighted by atomic mass is 9.96. The molecule has 134 valence electrons. The van der Waals surface area contributed by atoms with Gasteiger partial charge in [0.1, 0.15) is 11.6 Å². The molecule has 0 N–H and O–H groups in total. The molecule has 2 aromatic rings. The molecule has 1 unspecified atom stereocenters. The molecule has 8 heteroatoms. The van der Waals surface area contributed by atoms with E-state index in [9.17, 15) is 4.79 Å². The zero-order valence-corrected chi connectivity index (χ0v) is 14.8. The van der Waals surface area contributed by atoms with Crippen LogP contribution in [0.4, 0.5) is 5.82 Å². The summed E-state index contributed by atoms with van der Waals surface area (Å²) < 4.78 is 7.13. The van der Waals surface area contributed by atoms with Crippen molar-refractivity contribution in [3.05, 3.63) is 12.0 Å². The van der Waals surface area contributed by atoms with Gasteiger partial charge in [-0.25, -0.2) is 9.97 Å². The highest BCUT2D eigenvalue weighted by molar-refractivity contribution is 5.87. The third-order valence-electron chi connectivity index (χ3n) is 5.08. The van der Waals surface area contributed by atoms with Crippen LogP contribution in [0.3, 0.4) is 0 Å². The molecular weight excluding hydrogens is 320 g/mol. The standard InChI is InChI=1S/C17H24N6O2/c1-12-19-15-14(10-18-21(15)2)16(20-12)23-5-3-4-13(11-23)17(24)22-6-8-25-9-7-22/h10,13H,3-9,11H2,1-2H3. The lowest BCUT2D eigenvalue weighted by Gasteiger charge is -2.36. The molecule has 0 aromatic carbocycles. The van der Waals surface area contributed by atoms with E-state index in [1.54, 1.807) is 4.68 Å². The van der Waals surface area contributed by atoms with Gasteiger partial charge in [-0.2, -0.15) is 5.10 Å². The number of aryl methyl sites for hydroxylation is 2. The fraction of sp³-hybridized carbons (Fsp3) is 0.647. The second-order valence-corrected chi connectivity index (χ2v) is 6.82. The Hall–Kier alpha value is -2.22. The van der Waals surface area contributed by atoms with E-state index in [4.69, 9.17) is 4.74 Å². The quantitative estimate of drug-likeness (QED) is 0.800. The maximum absolute atomic E-state index is 12.9. The van der Waals surface area contributed by atoms with Crippen LogP contribution < -0.4 is 4.90 Å². The first kappa shape index (κ1) is 16.3. The number of ether oxygens (including phenoxy) is 1. The Kier molecular flexibility index (Phi) is 4.29. The molecule has 8 nitrogen and oxygen atoms in total. The van der Waals surface area contributed by atoms with Gasteiger partial charge in [0.15, 0.2) is 5.65 Å². The minimum atomic E-state index is 0.0221. The molecule has 2 aromatic heterocycles. The molecule has 4 rings (SSSR count). The fourth-order valence-corrected chi connectivity index (χ4v) is 3.77. The highest BCUT2D eigenvalue weighted by Gasteiger charge is 2.31. The number of aromatic nitrogens is 4. The second kappa shape index (κ2) is 6.59. The van der Waals surface area contributed by atoms with E-state index >= 15 is 0 Å². The Morgan fingerprint density at radius 2 is 2.04 bits per heavy atom. The van der Waals surface area contributed by atoms with Crippen molar-refractivity contribution in [2.45, 2.75) is 19.8 Å². The molecule has 2 aliphatic rings. The first-order valence-electron chi connectivity index (χ1n) is 8.91. The van der Waals surface area contributed by atoms with Crippen molar-refractivity contribution in [3.8, 4) is 0 Å². The van der Waals surface area contributed by atoms with Crippen LogP contribution in [0, 0.1) is 12.8 Å². The molecular formula is C17H24N6O2. The molecule has 0 spiro atoms. The molecule has 2 saturated heterocycles. The summed E-state index contributed by atoms with van der Waals surface area (Å²) in [5.74, 6) is 1.90. The van der Waals surface area contributed by atoms with Gasteiger partial charge in [0, 0.05) is 33.2 Å². The Labute approximate surface area is 146 Å². The first-order valence-corrected chi connectivity index (χ1v) is 8.91. The van der Waals surface area contributed by atoms with Crippen molar-refractivity contribution in [2.75, 3.05) is 44.3 Å². The van der Waals surface area contributed by atoms with E-state index in [0.29, 0.717) is 32.8 Å². The van der Waals surface area contributed by atoms with Gasteiger partial charge >= 0.3 is 0 Å². The van der Waals surface area contributed by atoms with E-state index in [0.717, 1.165) is 42.1 Å². The number of carbonyl (C=O) groups excluding carboxylic acids is 1. The maximum Gasteiger partial charge on any atom is 0.227 e. The SMILES string of the molecule is Cc1nc(N2CCCC(C(=O)N3CCOCC3)C2)c2cnn(C)c2n1. The van der Waals surface area contributed by atoms with Gasteiger partial charge < -0.3 is 14.5 Å². The average molecular weight is 344 g/mol. The lowest BCUT2D eigenvalue weighted by Crippen LogP contribution is -2.48. The average Bonchev–Trinajstić information content (AvgIpc) is 3.02. The molecule has 25 heavy (non-hydrogen) atoms. The van der Waals surface area contributed by atoms with Crippen molar-refractivity contribution in [2.24, 2.45) is 13.0 Å². The smallest absolute Gasteiger partial charge is 0.227 e. The van der Waals surface area contributed by atoms with E-state index in [1.165, 1.54) is 0 Å². The van der Waals surface area contributed by atoms with Crippen molar-refractivity contribution in [1.29, 1.82) is 0 Å². The molecule has 1 amide bonds. The van der Waals surface area contributed by atoms with Gasteiger partial charge in [0.2, 0.25) is 5.91 Å². The number of hydrogen-bond donors (Lipinski definition) is 0. The van der Waals surface area contributed by atoms with Crippen LogP contribution in [0.2, 0.25) is 0 Å². The molecule has 0 radical (unpaired) electrons. The monoisotopic (exact) mass is 344 g/mol. The summed E-state index contributed by atoms with van der Waals surface area (Å²) in [6, 6.07) is 0. The van der Waals surface area contributed by atoms with Crippen LogP contribution >= 0.6 is 0 Å². The topological polar surface area (TPSA) is 76.4 Å². The Morgan fingerprint density at radius 3 is 2.84 bits per heavy atom. The molecule has 2 aliphatic heterocycles. The van der Waals surface area contributed by atoms with Gasteiger partial charge in [-0.3, -0.25) is 9.48 Å². The summed E-state index contributed by atoms with van der Waals surface area (Å²) >= 11 is 0. The lowest BCUT2D eigenvalue weighted by molar-refractivity contribution is -0.139. The fourth-order valence-electron chi connectivity index (χ4n) is 3.77. The summed E-state index contributed by atoms with van der Waals surface area (Å²) in [6.07, 6.45) is 3.75. The predicted molar refractivity (Wildman–Crippen MR) is 93.4 cm³/mol. The number of rotatable bonds is 2. The van der Waals surface area contributed by atoms with Crippen molar-refractivity contribution in [3.63, 3.8) is 0 Å². The summed E-state index contributed by atoms with van der Waals surface area (Å²) in [6.45, 7) is 6.21. The summed E-state index contributed by atoms with van der Waals surface area (Å²) in [5.41, 5.74) is 0.837. The molecule has 0 bridgehead atoms. The number of carbonyl (C=O) groups is 1. The van der Waals surface area contributed by atoms with Crippen LogP contribution in [0.15, 0.2) is 6.20 Å². The first-order chi connectivity index (χ1) is 12.1. The normalized spacial score (nSPS) is 21.8. The van der Waals surface area contributed by atoms with Crippen LogP contribution in [-0.2, 0) is 16.6 Å². The van der Waals surface area contributed by atoms with Crippen molar-refractivity contribution in [1.82, 2.24) is 24.6 Å². The minimum Gasteiger partial charge on any atom is -0.378 e. The van der Waals surface area contributed by atoms with Crippen LogP contribution in [-0.4, -0.2) is 69.9 Å². The number of morpholine rings is 1. The van der Waals surface area contributed by atoms with Crippen molar-refractivity contribution < 1.29 is 9.53 Å². The van der Waals surface area contributed by atoms with Crippen LogP contribution in [0.25, 0.3) is 11.0 Å². The number of hydrogen-bond acceptors (Lipinski definition) is 6. The molecule has 0 aliphatic carbocycles. The second-order valence-electron chi connectivity index (χ2n) is 6.82. The molecule has 1 atom stereocenters. The highest BCUT2D eigenvalue weighted by atomic mass is 16.5. The third kappa shape index (κ3) is 3.06. The third-order valence-corrected chi connectivity index (χ3v) is 5.08. The predicted octanol–water partition coefficient (Wildman–Crippen LogP) is 0.747. The maximum atomic E-state index is 12.9. The summed E-state index contributed by atoms with van der Waals surface area (Å²) in [5, 5.41) is 5.27. The zero-order chi connectivity index (χ0) is 17.4. The number of piperidine rings is 1. The number of fused-ring (bicyclic) bond motifs is 1. The minimum absolute atomic E-state index is 0.0221. The molecule has 4 heterocycles. The Bertz CT molecular complexity index is 783. The highest BCUT2D eigenvalue weighted by Crippen LogP contribution is 2.28. The van der Waals surface area contributed by atoms with Crippen LogP contribution in [0.5, 0.6) is 0 Å². The summed E-state index contributed by atoms with van der Waals surface area (Å²) in [7, 11) is 1.89. The van der Waals surface area contributed by atoms with E-state index in [2.05, 4.69) is 20.0 Å². The van der Waals surface area contributed by atoms with Gasteiger partial charge in [0.05, 0.1) is 30.7 Å². The van der Waals surface area contributed by atoms with Crippen molar-refractivity contribution >= 4 is 22.8 Å². The Morgan fingerprint density at radius 1 is 1.24 bits per heavy atom. The molecule has 2 fully saturated rings. The van der Waals surface area contributed by atoms with Crippen LogP contribution in [0.1, 0.15) is 18.7 Å². The Balaban J connectivity index is 1.58. The largest absolute Gasteiger partial charge is 0.378 e. The molecule has 0 saturated carbocycles. The number of amides is 1. The van der Waals surface area contributed by atoms with E-state index in [-0.39, 0.29) is 11.8 Å². The number of nitrogens with zero attached hydrogens (tertiary/aromatic N) is 6. The van der Waals surface area contributed by atoms with Gasteiger partial charge in [-0.15, -0.1) is 0 Å².